The first-order valence-electron chi connectivity index (χ1n) is 9.43. The minimum Gasteiger partial charge on any atom is -0.494 e. The molecule has 1 unspecified atom stereocenters. The molecule has 0 fully saturated rings. The topological polar surface area (TPSA) is 56.8 Å². The van der Waals surface area contributed by atoms with Crippen molar-refractivity contribution < 1.29 is 9.64 Å². The van der Waals surface area contributed by atoms with Gasteiger partial charge in [0.2, 0.25) is 0 Å². The monoisotopic (exact) mass is 380 g/mol. The van der Waals surface area contributed by atoms with Crippen LogP contribution < -0.4 is 9.64 Å². The van der Waals surface area contributed by atoms with E-state index >= 15 is 0 Å². The molecule has 0 aliphatic carbocycles. The molecule has 0 saturated heterocycles. The Hall–Kier alpha value is -2.51. The Kier molecular flexibility index (Phi) is 4.06. The molecule has 0 spiro atoms. The first-order valence-corrected chi connectivity index (χ1v) is 10.2. The van der Waals surface area contributed by atoms with Crippen LogP contribution in [0.5, 0.6) is 5.75 Å². The van der Waals surface area contributed by atoms with Crippen molar-refractivity contribution in [2.75, 3.05) is 20.2 Å². The number of rotatable bonds is 4. The number of quaternary nitrogens is 1. The lowest BCUT2D eigenvalue weighted by atomic mass is 10.1. The van der Waals surface area contributed by atoms with Gasteiger partial charge in [0.25, 0.3) is 0 Å². The predicted octanol–water partition coefficient (Wildman–Crippen LogP) is 2.37. The van der Waals surface area contributed by atoms with Crippen molar-refractivity contribution in [2.45, 2.75) is 26.3 Å². The number of thiophene rings is 1. The Labute approximate surface area is 161 Å². The molecule has 3 aromatic heterocycles. The molecule has 0 saturated carbocycles. The van der Waals surface area contributed by atoms with Gasteiger partial charge in [-0.25, -0.2) is 14.5 Å². The maximum absolute atomic E-state index is 5.76. The number of aromatic nitrogens is 4. The average Bonchev–Trinajstić information content (AvgIpc) is 3.26. The van der Waals surface area contributed by atoms with Gasteiger partial charge < -0.3 is 9.64 Å². The van der Waals surface area contributed by atoms with E-state index in [0.717, 1.165) is 47.7 Å². The minimum absolute atomic E-state index is 0.712. The quantitative estimate of drug-likeness (QED) is 0.591. The Morgan fingerprint density at radius 1 is 1.33 bits per heavy atom. The summed E-state index contributed by atoms with van der Waals surface area (Å²) in [6, 6.07) is 8.00. The van der Waals surface area contributed by atoms with Crippen molar-refractivity contribution in [1.29, 1.82) is 0 Å². The molecule has 0 amide bonds. The standard InChI is InChI=1S/C20H21N5OS/c1-3-9-26-14-6-4-5-13(10-14)18-22-19-17-15-7-8-24(2)11-16(15)27-20(17)21-12-25(19)23-18/h4-6,10,12H,3,7-9,11H2,1-2H3/p+1. The van der Waals surface area contributed by atoms with E-state index in [0.29, 0.717) is 12.4 Å². The molecule has 6 nitrogen and oxygen atoms in total. The third kappa shape index (κ3) is 2.87. The molecule has 4 heterocycles. The molecule has 1 atom stereocenters. The molecule has 5 rings (SSSR count). The average molecular weight is 380 g/mol. The number of hydrogen-bond acceptors (Lipinski definition) is 5. The van der Waals surface area contributed by atoms with E-state index in [4.69, 9.17) is 9.72 Å². The second-order valence-corrected chi connectivity index (χ2v) is 8.23. The van der Waals surface area contributed by atoms with E-state index in [1.807, 2.05) is 28.8 Å². The summed E-state index contributed by atoms with van der Waals surface area (Å²) in [5.74, 6) is 1.57. The molecule has 27 heavy (non-hydrogen) atoms. The summed E-state index contributed by atoms with van der Waals surface area (Å²) < 4.78 is 7.57. The lowest BCUT2D eigenvalue weighted by Gasteiger charge is -2.19. The van der Waals surface area contributed by atoms with Gasteiger partial charge in [0, 0.05) is 12.0 Å². The summed E-state index contributed by atoms with van der Waals surface area (Å²) in [4.78, 5) is 13.6. The van der Waals surface area contributed by atoms with Crippen molar-refractivity contribution in [3.05, 3.63) is 41.0 Å². The highest BCUT2D eigenvalue weighted by Gasteiger charge is 2.24. The van der Waals surface area contributed by atoms with Crippen LogP contribution in [0.3, 0.4) is 0 Å². The van der Waals surface area contributed by atoms with Crippen LogP contribution in [0.1, 0.15) is 23.8 Å². The SMILES string of the molecule is CCCOc1cccc(-c2nc3c4c5c(sc4ncn3n2)C[NH+](C)CC5)c1. The number of hydrogen-bond donors (Lipinski definition) is 1. The van der Waals surface area contributed by atoms with Crippen LogP contribution in [0.2, 0.25) is 0 Å². The van der Waals surface area contributed by atoms with E-state index in [9.17, 15) is 0 Å². The highest BCUT2D eigenvalue weighted by atomic mass is 32.1. The van der Waals surface area contributed by atoms with Crippen LogP contribution in [0.15, 0.2) is 30.6 Å². The molecule has 1 aliphatic rings. The number of ether oxygens (including phenoxy) is 1. The summed E-state index contributed by atoms with van der Waals surface area (Å²) in [5, 5.41) is 5.87. The van der Waals surface area contributed by atoms with Crippen molar-refractivity contribution in [1.82, 2.24) is 19.6 Å². The zero-order valence-electron chi connectivity index (χ0n) is 15.5. The van der Waals surface area contributed by atoms with Crippen molar-refractivity contribution in [3.8, 4) is 17.1 Å². The molecule has 1 aromatic carbocycles. The summed E-state index contributed by atoms with van der Waals surface area (Å²) in [6.45, 7) is 5.04. The largest absolute Gasteiger partial charge is 0.494 e. The van der Waals surface area contributed by atoms with Gasteiger partial charge in [0.15, 0.2) is 11.5 Å². The lowest BCUT2D eigenvalue weighted by molar-refractivity contribution is -0.895. The Morgan fingerprint density at radius 2 is 2.26 bits per heavy atom. The third-order valence-corrected chi connectivity index (χ3v) is 6.18. The second kappa shape index (κ2) is 6.58. The fraction of sp³-hybridized carbons (Fsp3) is 0.350. The minimum atomic E-state index is 0.712. The van der Waals surface area contributed by atoms with Crippen LogP contribution in [0, 0.1) is 0 Å². The van der Waals surface area contributed by atoms with E-state index in [1.165, 1.54) is 15.8 Å². The van der Waals surface area contributed by atoms with Crippen LogP contribution in [-0.2, 0) is 13.0 Å². The Bertz CT molecular complexity index is 1130. The van der Waals surface area contributed by atoms with Crippen molar-refractivity contribution in [2.24, 2.45) is 0 Å². The van der Waals surface area contributed by atoms with Gasteiger partial charge in [-0.1, -0.05) is 19.1 Å². The van der Waals surface area contributed by atoms with Gasteiger partial charge in [0.05, 0.1) is 30.5 Å². The highest BCUT2D eigenvalue weighted by molar-refractivity contribution is 7.19. The second-order valence-electron chi connectivity index (χ2n) is 7.14. The normalized spacial score (nSPS) is 16.7. The smallest absolute Gasteiger partial charge is 0.182 e. The molecule has 1 N–H and O–H groups in total. The molecular weight excluding hydrogens is 358 g/mol. The summed E-state index contributed by atoms with van der Waals surface area (Å²) in [7, 11) is 2.25. The van der Waals surface area contributed by atoms with Gasteiger partial charge in [-0.15, -0.1) is 16.4 Å². The highest BCUT2D eigenvalue weighted by Crippen LogP contribution is 2.34. The van der Waals surface area contributed by atoms with E-state index < -0.39 is 0 Å². The lowest BCUT2D eigenvalue weighted by Crippen LogP contribution is -3.08. The van der Waals surface area contributed by atoms with Crippen LogP contribution in [0.4, 0.5) is 0 Å². The Balaban J connectivity index is 1.62. The molecule has 138 valence electrons. The molecule has 7 heteroatoms. The zero-order valence-corrected chi connectivity index (χ0v) is 16.3. The Morgan fingerprint density at radius 3 is 3.15 bits per heavy atom. The van der Waals surface area contributed by atoms with Gasteiger partial charge in [-0.05, 0) is 24.1 Å². The maximum atomic E-state index is 5.76. The molecule has 4 aromatic rings. The van der Waals surface area contributed by atoms with Gasteiger partial charge in [-0.3, -0.25) is 0 Å². The summed E-state index contributed by atoms with van der Waals surface area (Å²) in [6.07, 6.45) is 3.84. The van der Waals surface area contributed by atoms with Gasteiger partial charge in [-0.2, -0.15) is 0 Å². The number of benzene rings is 1. The van der Waals surface area contributed by atoms with Crippen LogP contribution >= 0.6 is 11.3 Å². The molecule has 0 bridgehead atoms. The molecule has 1 aliphatic heterocycles. The van der Waals surface area contributed by atoms with Crippen LogP contribution in [0.25, 0.3) is 27.3 Å². The summed E-state index contributed by atoms with van der Waals surface area (Å²) >= 11 is 1.80. The summed E-state index contributed by atoms with van der Waals surface area (Å²) in [5.41, 5.74) is 3.29. The number of fused-ring (bicyclic) bond motifs is 5. The van der Waals surface area contributed by atoms with Crippen molar-refractivity contribution in [3.63, 3.8) is 0 Å². The first-order chi connectivity index (χ1) is 13.2. The number of likely N-dealkylation sites (N-methyl/N-ethyl adjacent to an activating group) is 1. The van der Waals surface area contributed by atoms with Gasteiger partial charge >= 0.3 is 0 Å². The van der Waals surface area contributed by atoms with Gasteiger partial charge in [0.1, 0.15) is 23.5 Å². The third-order valence-electron chi connectivity index (χ3n) is 5.04. The first kappa shape index (κ1) is 16.6. The fourth-order valence-corrected chi connectivity index (χ4v) is 4.97. The van der Waals surface area contributed by atoms with Crippen LogP contribution in [-0.4, -0.2) is 39.8 Å². The molecular formula is C20H22N5OS+. The van der Waals surface area contributed by atoms with Crippen molar-refractivity contribution >= 4 is 27.2 Å². The number of nitrogens with zero attached hydrogens (tertiary/aromatic N) is 4. The number of nitrogens with one attached hydrogen (secondary N) is 1. The molecule has 0 radical (unpaired) electrons. The predicted molar refractivity (Wildman–Crippen MR) is 107 cm³/mol. The van der Waals surface area contributed by atoms with E-state index in [-0.39, 0.29) is 0 Å². The zero-order chi connectivity index (χ0) is 18.4. The maximum Gasteiger partial charge on any atom is 0.182 e. The fourth-order valence-electron chi connectivity index (χ4n) is 3.68. The van der Waals surface area contributed by atoms with E-state index in [1.54, 1.807) is 22.6 Å². The van der Waals surface area contributed by atoms with E-state index in [2.05, 4.69) is 24.1 Å².